The third-order valence-corrected chi connectivity index (χ3v) is 4.52. The lowest BCUT2D eigenvalue weighted by Gasteiger charge is -2.35. The summed E-state index contributed by atoms with van der Waals surface area (Å²) < 4.78 is 0. The lowest BCUT2D eigenvalue weighted by molar-refractivity contribution is -0.127. The zero-order valence-corrected chi connectivity index (χ0v) is 15.8. The van der Waals surface area contributed by atoms with Gasteiger partial charge in [0.05, 0.1) is 6.04 Å². The van der Waals surface area contributed by atoms with Crippen molar-refractivity contribution in [2.24, 2.45) is 11.3 Å². The molecule has 4 heteroatoms. The van der Waals surface area contributed by atoms with E-state index in [0.29, 0.717) is 6.04 Å². The molecule has 23 heavy (non-hydrogen) atoms. The van der Waals surface area contributed by atoms with Crippen molar-refractivity contribution in [2.45, 2.75) is 59.5 Å². The molecule has 2 rings (SSSR count). The number of piperidine rings is 1. The Morgan fingerprint density at radius 3 is 2.61 bits per heavy atom. The van der Waals surface area contributed by atoms with Crippen LogP contribution in [-0.2, 0) is 4.79 Å². The third kappa shape index (κ3) is 5.50. The highest BCUT2D eigenvalue weighted by atomic mass is 35.5. The van der Waals surface area contributed by atoms with E-state index in [-0.39, 0.29) is 35.7 Å². The summed E-state index contributed by atoms with van der Waals surface area (Å²) >= 11 is 0. The van der Waals surface area contributed by atoms with Crippen LogP contribution in [0.15, 0.2) is 24.3 Å². The zero-order valence-electron chi connectivity index (χ0n) is 15.0. The number of halogens is 1. The molecule has 1 aliphatic heterocycles. The van der Waals surface area contributed by atoms with E-state index in [2.05, 4.69) is 69.5 Å². The van der Waals surface area contributed by atoms with Gasteiger partial charge in [-0.15, -0.1) is 12.4 Å². The summed E-state index contributed by atoms with van der Waals surface area (Å²) in [7, 11) is 0. The fraction of sp³-hybridized carbons (Fsp3) is 0.632. The van der Waals surface area contributed by atoms with Gasteiger partial charge in [0.25, 0.3) is 0 Å². The number of carbonyl (C=O) groups is 1. The number of amides is 1. The second kappa shape index (κ2) is 8.16. The average Bonchev–Trinajstić information content (AvgIpc) is 2.43. The molecular formula is C19H31ClN2O. The molecular weight excluding hydrogens is 308 g/mol. The van der Waals surface area contributed by atoms with Crippen LogP contribution in [0.25, 0.3) is 0 Å². The predicted octanol–water partition coefficient (Wildman–Crippen LogP) is 4.01. The van der Waals surface area contributed by atoms with Gasteiger partial charge < -0.3 is 10.6 Å². The van der Waals surface area contributed by atoms with E-state index in [1.165, 1.54) is 11.1 Å². The van der Waals surface area contributed by atoms with Gasteiger partial charge in [-0.05, 0) is 44.2 Å². The number of carbonyl (C=O) groups excluding carboxylic acids is 1. The molecule has 1 aromatic rings. The topological polar surface area (TPSA) is 41.1 Å². The van der Waals surface area contributed by atoms with Gasteiger partial charge in [0, 0.05) is 12.0 Å². The van der Waals surface area contributed by atoms with E-state index >= 15 is 0 Å². The first-order chi connectivity index (χ1) is 10.3. The van der Waals surface area contributed by atoms with Gasteiger partial charge in [-0.25, -0.2) is 0 Å². The maximum absolute atomic E-state index is 12.7. The standard InChI is InChI=1S/C19H30N2O.ClH/c1-13-7-6-8-15(11-13)17(19(3,4)5)21-18(22)16-9-10-20-14(2)12-16;/h6-8,11,14,16-17,20H,9-10,12H2,1-5H3,(H,21,22);1H/t14-,16-,17?;/m0./s1. The summed E-state index contributed by atoms with van der Waals surface area (Å²) in [5.74, 6) is 0.334. The number of benzene rings is 1. The molecule has 0 spiro atoms. The van der Waals surface area contributed by atoms with Crippen LogP contribution in [0.4, 0.5) is 0 Å². The number of hydrogen-bond acceptors (Lipinski definition) is 2. The SMILES string of the molecule is Cc1cccc(C(NC(=O)[C@H]2CCN[C@@H](C)C2)C(C)(C)C)c1.Cl. The number of hydrogen-bond donors (Lipinski definition) is 2. The highest BCUT2D eigenvalue weighted by molar-refractivity contribution is 5.85. The first-order valence-corrected chi connectivity index (χ1v) is 8.37. The number of rotatable bonds is 3. The van der Waals surface area contributed by atoms with Crippen molar-refractivity contribution < 1.29 is 4.79 Å². The molecule has 3 nitrogen and oxygen atoms in total. The van der Waals surface area contributed by atoms with E-state index in [0.717, 1.165) is 19.4 Å². The molecule has 0 aromatic heterocycles. The van der Waals surface area contributed by atoms with Gasteiger partial charge in [-0.1, -0.05) is 50.6 Å². The molecule has 0 saturated carbocycles. The fourth-order valence-corrected chi connectivity index (χ4v) is 3.28. The van der Waals surface area contributed by atoms with Gasteiger partial charge in [-0.3, -0.25) is 4.79 Å². The summed E-state index contributed by atoms with van der Waals surface area (Å²) in [6.45, 7) is 11.7. The number of aryl methyl sites for hydroxylation is 1. The second-order valence-corrected chi connectivity index (χ2v) is 7.80. The van der Waals surface area contributed by atoms with E-state index in [4.69, 9.17) is 0 Å². The normalized spacial score (nSPS) is 22.8. The second-order valence-electron chi connectivity index (χ2n) is 7.80. The van der Waals surface area contributed by atoms with Gasteiger partial charge in [-0.2, -0.15) is 0 Å². The van der Waals surface area contributed by atoms with Crippen LogP contribution in [0.2, 0.25) is 0 Å². The Balaban J connectivity index is 0.00000264. The summed E-state index contributed by atoms with van der Waals surface area (Å²) in [5, 5.41) is 6.73. The largest absolute Gasteiger partial charge is 0.349 e. The molecule has 1 fully saturated rings. The van der Waals surface area contributed by atoms with Crippen molar-refractivity contribution in [3.05, 3.63) is 35.4 Å². The Morgan fingerprint density at radius 1 is 1.35 bits per heavy atom. The Bertz CT molecular complexity index is 524. The minimum absolute atomic E-state index is 0. The highest BCUT2D eigenvalue weighted by Gasteiger charge is 2.31. The van der Waals surface area contributed by atoms with Crippen molar-refractivity contribution in [2.75, 3.05) is 6.54 Å². The molecule has 0 radical (unpaired) electrons. The Kier molecular flexibility index (Phi) is 7.09. The Labute approximate surface area is 147 Å². The molecule has 1 aromatic carbocycles. The minimum atomic E-state index is -0.0119. The Morgan fingerprint density at radius 2 is 2.04 bits per heavy atom. The maximum atomic E-state index is 12.7. The van der Waals surface area contributed by atoms with Crippen LogP contribution in [0.5, 0.6) is 0 Å². The smallest absolute Gasteiger partial charge is 0.223 e. The molecule has 1 heterocycles. The first kappa shape index (κ1) is 20.0. The van der Waals surface area contributed by atoms with Crippen LogP contribution in [0.1, 0.15) is 57.7 Å². The maximum Gasteiger partial charge on any atom is 0.223 e. The quantitative estimate of drug-likeness (QED) is 0.874. The minimum Gasteiger partial charge on any atom is -0.349 e. The van der Waals surface area contributed by atoms with Gasteiger partial charge in [0.15, 0.2) is 0 Å². The molecule has 1 aliphatic rings. The van der Waals surface area contributed by atoms with Crippen LogP contribution >= 0.6 is 12.4 Å². The van der Waals surface area contributed by atoms with Crippen LogP contribution in [-0.4, -0.2) is 18.5 Å². The van der Waals surface area contributed by atoms with E-state index in [1.807, 2.05) is 0 Å². The fourth-order valence-electron chi connectivity index (χ4n) is 3.28. The summed E-state index contributed by atoms with van der Waals surface area (Å²) in [5.41, 5.74) is 2.42. The van der Waals surface area contributed by atoms with Crippen molar-refractivity contribution in [3.63, 3.8) is 0 Å². The molecule has 0 bridgehead atoms. The highest BCUT2D eigenvalue weighted by Crippen LogP contribution is 2.33. The zero-order chi connectivity index (χ0) is 16.3. The lowest BCUT2D eigenvalue weighted by Crippen LogP contribution is -2.45. The lowest BCUT2D eigenvalue weighted by atomic mass is 9.81. The molecule has 3 atom stereocenters. The molecule has 1 unspecified atom stereocenters. The summed E-state index contributed by atoms with van der Waals surface area (Å²) in [6, 6.07) is 8.94. The van der Waals surface area contributed by atoms with Gasteiger partial charge in [0.1, 0.15) is 0 Å². The number of nitrogens with one attached hydrogen (secondary N) is 2. The molecule has 1 saturated heterocycles. The van der Waals surface area contributed by atoms with Crippen LogP contribution in [0, 0.1) is 18.3 Å². The van der Waals surface area contributed by atoms with E-state index in [1.54, 1.807) is 0 Å². The van der Waals surface area contributed by atoms with Crippen LogP contribution < -0.4 is 10.6 Å². The Hall–Kier alpha value is -1.06. The predicted molar refractivity (Wildman–Crippen MR) is 99.0 cm³/mol. The third-order valence-electron chi connectivity index (χ3n) is 4.52. The van der Waals surface area contributed by atoms with Crippen LogP contribution in [0.3, 0.4) is 0 Å². The van der Waals surface area contributed by atoms with Crippen molar-refractivity contribution in [1.82, 2.24) is 10.6 Å². The van der Waals surface area contributed by atoms with Crippen molar-refractivity contribution >= 4 is 18.3 Å². The summed E-state index contributed by atoms with van der Waals surface area (Å²) in [4.78, 5) is 12.7. The molecule has 1 amide bonds. The average molecular weight is 339 g/mol. The van der Waals surface area contributed by atoms with Crippen molar-refractivity contribution in [3.8, 4) is 0 Å². The van der Waals surface area contributed by atoms with Gasteiger partial charge in [0.2, 0.25) is 5.91 Å². The molecule has 130 valence electrons. The van der Waals surface area contributed by atoms with Crippen molar-refractivity contribution in [1.29, 1.82) is 0 Å². The van der Waals surface area contributed by atoms with E-state index < -0.39 is 0 Å². The first-order valence-electron chi connectivity index (χ1n) is 8.37. The monoisotopic (exact) mass is 338 g/mol. The summed E-state index contributed by atoms with van der Waals surface area (Å²) in [6.07, 6.45) is 1.86. The van der Waals surface area contributed by atoms with Gasteiger partial charge >= 0.3 is 0 Å². The molecule has 2 N–H and O–H groups in total. The molecule has 0 aliphatic carbocycles. The van der Waals surface area contributed by atoms with E-state index in [9.17, 15) is 4.79 Å².